The third-order valence-corrected chi connectivity index (χ3v) is 5.98. The Hall–Kier alpha value is -1.93. The molecule has 1 aliphatic rings. The lowest BCUT2D eigenvalue weighted by molar-refractivity contribution is -0.137. The average molecular weight is 383 g/mol. The lowest BCUT2D eigenvalue weighted by atomic mass is 10.1. The first-order valence-electron chi connectivity index (χ1n) is 8.58. The van der Waals surface area contributed by atoms with E-state index < -0.39 is 22.4 Å². The monoisotopic (exact) mass is 383 g/mol. The van der Waals surface area contributed by atoms with Gasteiger partial charge in [0.2, 0.25) is 0 Å². The summed E-state index contributed by atoms with van der Waals surface area (Å²) in [5.74, 6) is -0.810. The maximum atomic E-state index is 12.5. The molecule has 1 heterocycles. The van der Waals surface area contributed by atoms with Crippen LogP contribution in [0.2, 0.25) is 0 Å². The molecule has 144 valence electrons. The molecule has 1 saturated heterocycles. The number of esters is 1. The Kier molecular flexibility index (Phi) is 6.77. The van der Waals surface area contributed by atoms with E-state index in [1.165, 1.54) is 17.0 Å². The molecular formula is C18H25NO6S. The fraction of sp³-hybridized carbons (Fsp3) is 0.556. The molecule has 1 aromatic rings. The number of sulfone groups is 1. The van der Waals surface area contributed by atoms with E-state index >= 15 is 0 Å². The van der Waals surface area contributed by atoms with Gasteiger partial charge in [0.1, 0.15) is 0 Å². The summed E-state index contributed by atoms with van der Waals surface area (Å²) in [6.07, 6.45) is 0.414. The summed E-state index contributed by atoms with van der Waals surface area (Å²) >= 11 is 0. The minimum absolute atomic E-state index is 0.0397. The van der Waals surface area contributed by atoms with Gasteiger partial charge in [-0.2, -0.15) is 0 Å². The Morgan fingerprint density at radius 2 is 1.92 bits per heavy atom. The van der Waals surface area contributed by atoms with Gasteiger partial charge in [-0.05, 0) is 30.0 Å². The number of hydrogen-bond donors (Lipinski definition) is 1. The van der Waals surface area contributed by atoms with Crippen molar-refractivity contribution in [2.75, 3.05) is 24.7 Å². The summed E-state index contributed by atoms with van der Waals surface area (Å²) in [6, 6.07) is 5.89. The van der Waals surface area contributed by atoms with Crippen molar-refractivity contribution in [1.29, 1.82) is 0 Å². The standard InChI is InChI=1S/C18H25NO6S/c1-13(2)9-19(16-7-8-26(23,24)12-16)17(21)11-25-18(22)15-5-3-14(10-20)4-6-15/h3-6,13,16,20H,7-12H2,1-2H3. The van der Waals surface area contributed by atoms with Gasteiger partial charge < -0.3 is 14.7 Å². The van der Waals surface area contributed by atoms with Gasteiger partial charge in [-0.3, -0.25) is 4.79 Å². The van der Waals surface area contributed by atoms with Crippen LogP contribution in [-0.4, -0.2) is 61.0 Å². The minimum atomic E-state index is -3.11. The number of aliphatic hydroxyl groups excluding tert-OH is 1. The Morgan fingerprint density at radius 3 is 2.42 bits per heavy atom. The molecule has 26 heavy (non-hydrogen) atoms. The van der Waals surface area contributed by atoms with E-state index in [9.17, 15) is 18.0 Å². The number of aliphatic hydroxyl groups is 1. The van der Waals surface area contributed by atoms with E-state index in [4.69, 9.17) is 9.84 Å². The van der Waals surface area contributed by atoms with E-state index in [-0.39, 0.29) is 41.5 Å². The average Bonchev–Trinajstić information content (AvgIpc) is 2.96. The molecule has 1 N–H and O–H groups in total. The first-order valence-corrected chi connectivity index (χ1v) is 10.4. The fourth-order valence-electron chi connectivity index (χ4n) is 2.91. The molecule has 1 aromatic carbocycles. The second-order valence-electron chi connectivity index (χ2n) is 6.93. The Labute approximate surface area is 153 Å². The van der Waals surface area contributed by atoms with Gasteiger partial charge in [0.05, 0.1) is 23.7 Å². The van der Waals surface area contributed by atoms with Crippen molar-refractivity contribution in [2.24, 2.45) is 5.92 Å². The van der Waals surface area contributed by atoms with Crippen molar-refractivity contribution in [3.05, 3.63) is 35.4 Å². The van der Waals surface area contributed by atoms with E-state index in [1.54, 1.807) is 12.1 Å². The summed E-state index contributed by atoms with van der Waals surface area (Å²) in [5.41, 5.74) is 0.956. The van der Waals surface area contributed by atoms with Crippen molar-refractivity contribution < 1.29 is 27.9 Å². The van der Waals surface area contributed by atoms with Crippen LogP contribution in [0.4, 0.5) is 0 Å². The molecule has 1 amide bonds. The molecule has 0 bridgehead atoms. The fourth-order valence-corrected chi connectivity index (χ4v) is 4.64. The van der Waals surface area contributed by atoms with Crippen molar-refractivity contribution in [3.63, 3.8) is 0 Å². The predicted octanol–water partition coefficient (Wildman–Crippen LogP) is 1.01. The third-order valence-electron chi connectivity index (χ3n) is 4.23. The molecule has 1 atom stereocenters. The number of benzene rings is 1. The van der Waals surface area contributed by atoms with Gasteiger partial charge in [-0.15, -0.1) is 0 Å². The molecule has 1 fully saturated rings. The van der Waals surface area contributed by atoms with Gasteiger partial charge in [0, 0.05) is 12.6 Å². The van der Waals surface area contributed by atoms with Crippen LogP contribution in [0.15, 0.2) is 24.3 Å². The number of ether oxygens (including phenoxy) is 1. The van der Waals surface area contributed by atoms with Crippen LogP contribution in [0.5, 0.6) is 0 Å². The largest absolute Gasteiger partial charge is 0.452 e. The van der Waals surface area contributed by atoms with Crippen LogP contribution >= 0.6 is 0 Å². The van der Waals surface area contributed by atoms with Gasteiger partial charge in [0.15, 0.2) is 16.4 Å². The molecule has 8 heteroatoms. The van der Waals surface area contributed by atoms with Crippen LogP contribution < -0.4 is 0 Å². The second kappa shape index (κ2) is 8.64. The quantitative estimate of drug-likeness (QED) is 0.705. The Morgan fingerprint density at radius 1 is 1.27 bits per heavy atom. The highest BCUT2D eigenvalue weighted by molar-refractivity contribution is 7.91. The van der Waals surface area contributed by atoms with Crippen LogP contribution in [0, 0.1) is 5.92 Å². The molecule has 1 unspecified atom stereocenters. The van der Waals surface area contributed by atoms with Crippen LogP contribution in [0.3, 0.4) is 0 Å². The van der Waals surface area contributed by atoms with Crippen LogP contribution in [0.1, 0.15) is 36.2 Å². The first-order chi connectivity index (χ1) is 12.2. The molecule has 0 saturated carbocycles. The SMILES string of the molecule is CC(C)CN(C(=O)COC(=O)c1ccc(CO)cc1)C1CCS(=O)(=O)C1. The van der Waals surface area contributed by atoms with Crippen molar-refractivity contribution in [3.8, 4) is 0 Å². The number of hydrogen-bond acceptors (Lipinski definition) is 6. The summed E-state index contributed by atoms with van der Waals surface area (Å²) < 4.78 is 28.5. The molecule has 7 nitrogen and oxygen atoms in total. The lowest BCUT2D eigenvalue weighted by Gasteiger charge is -2.29. The number of carbonyl (C=O) groups is 2. The van der Waals surface area contributed by atoms with Crippen LogP contribution in [-0.2, 0) is 26.0 Å². The van der Waals surface area contributed by atoms with Crippen molar-refractivity contribution in [1.82, 2.24) is 4.90 Å². The highest BCUT2D eigenvalue weighted by Crippen LogP contribution is 2.19. The molecule has 0 radical (unpaired) electrons. The number of nitrogens with zero attached hydrogens (tertiary/aromatic N) is 1. The zero-order valence-electron chi connectivity index (χ0n) is 15.1. The van der Waals surface area contributed by atoms with Gasteiger partial charge in [-0.1, -0.05) is 26.0 Å². The topological polar surface area (TPSA) is 101 Å². The maximum Gasteiger partial charge on any atom is 0.338 e. The highest BCUT2D eigenvalue weighted by Gasteiger charge is 2.35. The molecule has 1 aliphatic heterocycles. The zero-order chi connectivity index (χ0) is 19.3. The first kappa shape index (κ1) is 20.4. The highest BCUT2D eigenvalue weighted by atomic mass is 32.2. The minimum Gasteiger partial charge on any atom is -0.452 e. The number of carbonyl (C=O) groups excluding carboxylic acids is 2. The smallest absolute Gasteiger partial charge is 0.338 e. The normalized spacial score (nSPS) is 18.7. The van der Waals surface area contributed by atoms with Crippen molar-refractivity contribution in [2.45, 2.75) is 32.9 Å². The van der Waals surface area contributed by atoms with Crippen LogP contribution in [0.25, 0.3) is 0 Å². The van der Waals surface area contributed by atoms with Gasteiger partial charge >= 0.3 is 5.97 Å². The Bertz CT molecular complexity index is 741. The predicted molar refractivity (Wildman–Crippen MR) is 96.3 cm³/mol. The van der Waals surface area contributed by atoms with E-state index in [2.05, 4.69) is 0 Å². The second-order valence-corrected chi connectivity index (χ2v) is 9.16. The van der Waals surface area contributed by atoms with E-state index in [1.807, 2.05) is 13.8 Å². The molecule has 0 aliphatic carbocycles. The van der Waals surface area contributed by atoms with E-state index in [0.717, 1.165) is 0 Å². The molecule has 0 aromatic heterocycles. The van der Waals surface area contributed by atoms with Gasteiger partial charge in [-0.25, -0.2) is 13.2 Å². The van der Waals surface area contributed by atoms with E-state index in [0.29, 0.717) is 18.5 Å². The Balaban J connectivity index is 1.98. The molecule has 2 rings (SSSR count). The zero-order valence-corrected chi connectivity index (χ0v) is 15.9. The summed E-state index contributed by atoms with van der Waals surface area (Å²) in [5, 5.41) is 9.01. The maximum absolute atomic E-state index is 12.5. The summed E-state index contributed by atoms with van der Waals surface area (Å²) in [6.45, 7) is 3.75. The number of rotatable bonds is 7. The summed E-state index contributed by atoms with van der Waals surface area (Å²) in [4.78, 5) is 26.1. The third kappa shape index (κ3) is 5.54. The van der Waals surface area contributed by atoms with Crippen molar-refractivity contribution >= 4 is 21.7 Å². The lowest BCUT2D eigenvalue weighted by Crippen LogP contribution is -2.45. The summed E-state index contributed by atoms with van der Waals surface area (Å²) in [7, 11) is -3.11. The van der Waals surface area contributed by atoms with Gasteiger partial charge in [0.25, 0.3) is 5.91 Å². The molecule has 0 spiro atoms. The molecular weight excluding hydrogens is 358 g/mol. The number of amides is 1.